The van der Waals surface area contributed by atoms with Crippen molar-refractivity contribution in [1.29, 1.82) is 0 Å². The first-order valence-electron chi connectivity index (χ1n) is 10.7. The SMILES string of the molecule is COC1=C/CC/C=C(C(=O)Cc2ccc3c(c2)CN(c2ccc(OC)nc2)CC3)/C=C\1. The molecule has 2 aliphatic rings. The predicted molar refractivity (Wildman–Crippen MR) is 122 cm³/mol. The van der Waals surface area contributed by atoms with Crippen molar-refractivity contribution in [3.05, 3.63) is 88.9 Å². The summed E-state index contributed by atoms with van der Waals surface area (Å²) in [5.74, 6) is 1.56. The molecule has 0 radical (unpaired) electrons. The number of carbonyl (C=O) groups is 1. The van der Waals surface area contributed by atoms with Crippen LogP contribution in [0, 0.1) is 0 Å². The van der Waals surface area contributed by atoms with Crippen LogP contribution in [0.5, 0.6) is 5.88 Å². The molecule has 4 rings (SSSR count). The monoisotopic (exact) mass is 416 g/mol. The second kappa shape index (κ2) is 9.65. The molecule has 2 heterocycles. The molecule has 0 saturated carbocycles. The summed E-state index contributed by atoms with van der Waals surface area (Å²) in [5.41, 5.74) is 5.52. The highest BCUT2D eigenvalue weighted by Gasteiger charge is 2.18. The normalized spacial score (nSPS) is 20.3. The lowest BCUT2D eigenvalue weighted by Gasteiger charge is -2.31. The van der Waals surface area contributed by atoms with E-state index < -0.39 is 0 Å². The molecule has 1 aliphatic carbocycles. The fourth-order valence-corrected chi connectivity index (χ4v) is 4.04. The van der Waals surface area contributed by atoms with E-state index in [1.54, 1.807) is 14.2 Å². The Morgan fingerprint density at radius 2 is 1.90 bits per heavy atom. The molecule has 0 spiro atoms. The van der Waals surface area contributed by atoms with Gasteiger partial charge in [-0.05, 0) is 60.2 Å². The van der Waals surface area contributed by atoms with Crippen molar-refractivity contribution in [2.75, 3.05) is 25.7 Å². The fraction of sp³-hybridized carbons (Fsp3) is 0.308. The van der Waals surface area contributed by atoms with Gasteiger partial charge in [-0.2, -0.15) is 0 Å². The van der Waals surface area contributed by atoms with Gasteiger partial charge in [-0.3, -0.25) is 4.79 Å². The first kappa shape index (κ1) is 20.9. The highest BCUT2D eigenvalue weighted by Crippen LogP contribution is 2.26. The standard InChI is InChI=1S/C26H28N2O3/c1-30-24-6-4-3-5-21(9-11-24)25(29)16-19-7-8-20-13-14-28(18-22(20)15-19)23-10-12-26(31-2)27-17-23/h5-12,15,17H,3-4,13-14,16,18H2,1-2H3/b11-9-,21-5-,24-6+. The molecule has 0 unspecified atom stereocenters. The number of hydrogen-bond acceptors (Lipinski definition) is 5. The summed E-state index contributed by atoms with van der Waals surface area (Å²) in [5, 5.41) is 0. The Labute approximate surface area is 183 Å². The first-order valence-corrected chi connectivity index (χ1v) is 10.7. The number of nitrogens with zero attached hydrogens (tertiary/aromatic N) is 2. The Bertz CT molecular complexity index is 1040. The Morgan fingerprint density at radius 1 is 1.03 bits per heavy atom. The van der Waals surface area contributed by atoms with Crippen LogP contribution in [-0.4, -0.2) is 31.5 Å². The molecule has 0 bridgehead atoms. The van der Waals surface area contributed by atoms with Gasteiger partial charge in [-0.15, -0.1) is 0 Å². The van der Waals surface area contributed by atoms with Gasteiger partial charge in [0.2, 0.25) is 5.88 Å². The lowest BCUT2D eigenvalue weighted by atomic mass is 9.94. The second-order valence-corrected chi connectivity index (χ2v) is 7.81. The number of ketones is 1. The van der Waals surface area contributed by atoms with Crippen molar-refractivity contribution >= 4 is 11.5 Å². The molecule has 2 aromatic rings. The molecule has 5 heteroatoms. The van der Waals surface area contributed by atoms with Crippen molar-refractivity contribution in [1.82, 2.24) is 4.98 Å². The average Bonchev–Trinajstić information content (AvgIpc) is 2.79. The topological polar surface area (TPSA) is 51.7 Å². The maximum atomic E-state index is 12.9. The third-order valence-corrected chi connectivity index (χ3v) is 5.80. The van der Waals surface area contributed by atoms with Gasteiger partial charge < -0.3 is 14.4 Å². The van der Waals surface area contributed by atoms with Crippen LogP contribution in [0.25, 0.3) is 0 Å². The zero-order chi connectivity index (χ0) is 21.6. The summed E-state index contributed by atoms with van der Waals surface area (Å²) in [7, 11) is 3.28. The summed E-state index contributed by atoms with van der Waals surface area (Å²) in [4.78, 5) is 19.6. The smallest absolute Gasteiger partial charge is 0.213 e. The van der Waals surface area contributed by atoms with Gasteiger partial charge in [-0.25, -0.2) is 4.98 Å². The van der Waals surface area contributed by atoms with E-state index in [0.717, 1.165) is 54.9 Å². The minimum absolute atomic E-state index is 0.139. The summed E-state index contributed by atoms with van der Waals surface area (Å²) in [6, 6.07) is 10.4. The second-order valence-electron chi connectivity index (χ2n) is 7.81. The van der Waals surface area contributed by atoms with Crippen LogP contribution in [0.1, 0.15) is 29.5 Å². The summed E-state index contributed by atoms with van der Waals surface area (Å²) < 4.78 is 10.5. The summed E-state index contributed by atoms with van der Waals surface area (Å²) in [6.07, 6.45) is 12.8. The molecule has 1 aromatic heterocycles. The van der Waals surface area contributed by atoms with Gasteiger partial charge >= 0.3 is 0 Å². The van der Waals surface area contributed by atoms with Gasteiger partial charge in [0.15, 0.2) is 5.78 Å². The third-order valence-electron chi connectivity index (χ3n) is 5.80. The number of benzene rings is 1. The summed E-state index contributed by atoms with van der Waals surface area (Å²) >= 11 is 0. The molecular weight excluding hydrogens is 388 g/mol. The van der Waals surface area contributed by atoms with Crippen LogP contribution >= 0.6 is 0 Å². The van der Waals surface area contributed by atoms with Crippen LogP contribution in [0.15, 0.2) is 72.2 Å². The van der Waals surface area contributed by atoms with Crippen LogP contribution < -0.4 is 9.64 Å². The van der Waals surface area contributed by atoms with E-state index in [1.165, 1.54) is 11.1 Å². The Morgan fingerprint density at radius 3 is 2.68 bits per heavy atom. The maximum absolute atomic E-state index is 12.9. The number of methoxy groups -OCH3 is 2. The van der Waals surface area contributed by atoms with Gasteiger partial charge in [0.05, 0.1) is 26.1 Å². The van der Waals surface area contributed by atoms with E-state index in [9.17, 15) is 4.79 Å². The van der Waals surface area contributed by atoms with Crippen LogP contribution in [-0.2, 0) is 28.9 Å². The molecule has 160 valence electrons. The average molecular weight is 417 g/mol. The predicted octanol–water partition coefficient (Wildman–Crippen LogP) is 4.57. The van der Waals surface area contributed by atoms with E-state index in [4.69, 9.17) is 9.47 Å². The van der Waals surface area contributed by atoms with Crippen LogP contribution in [0.2, 0.25) is 0 Å². The quantitative estimate of drug-likeness (QED) is 0.690. The Balaban J connectivity index is 1.47. The lowest BCUT2D eigenvalue weighted by Crippen LogP contribution is -2.30. The van der Waals surface area contributed by atoms with Crippen LogP contribution in [0.3, 0.4) is 0 Å². The van der Waals surface area contributed by atoms with Gasteiger partial charge in [0.1, 0.15) is 5.76 Å². The number of anilines is 1. The minimum Gasteiger partial charge on any atom is -0.497 e. The number of ether oxygens (including phenoxy) is 2. The van der Waals surface area contributed by atoms with Crippen molar-refractivity contribution in [2.45, 2.75) is 32.2 Å². The molecular formula is C26H28N2O3. The molecule has 5 nitrogen and oxygen atoms in total. The molecule has 0 amide bonds. The molecule has 1 aliphatic heterocycles. The number of pyridine rings is 1. The zero-order valence-electron chi connectivity index (χ0n) is 18.1. The van der Waals surface area contributed by atoms with E-state index in [1.807, 2.05) is 42.6 Å². The van der Waals surface area contributed by atoms with E-state index in [-0.39, 0.29) is 5.78 Å². The first-order chi connectivity index (χ1) is 15.2. The maximum Gasteiger partial charge on any atom is 0.213 e. The van der Waals surface area contributed by atoms with Crippen LogP contribution in [0.4, 0.5) is 5.69 Å². The van der Waals surface area contributed by atoms with Gasteiger partial charge in [0, 0.05) is 31.1 Å². The van der Waals surface area contributed by atoms with E-state index in [0.29, 0.717) is 12.3 Å². The number of hydrogen-bond donors (Lipinski definition) is 0. The third kappa shape index (κ3) is 5.05. The fourth-order valence-electron chi connectivity index (χ4n) is 4.04. The molecule has 0 fully saturated rings. The number of carbonyl (C=O) groups excluding carboxylic acids is 1. The van der Waals surface area contributed by atoms with Gasteiger partial charge in [-0.1, -0.05) is 24.3 Å². The molecule has 1 aromatic carbocycles. The van der Waals surface area contributed by atoms with Crippen molar-refractivity contribution < 1.29 is 14.3 Å². The Kier molecular flexibility index (Phi) is 6.51. The Hall–Kier alpha value is -3.34. The van der Waals surface area contributed by atoms with E-state index >= 15 is 0 Å². The molecule has 0 saturated heterocycles. The largest absolute Gasteiger partial charge is 0.497 e. The zero-order valence-corrected chi connectivity index (χ0v) is 18.1. The number of allylic oxidation sites excluding steroid dienone is 5. The lowest BCUT2D eigenvalue weighted by molar-refractivity contribution is -0.114. The van der Waals surface area contributed by atoms with Crippen molar-refractivity contribution in [2.24, 2.45) is 0 Å². The van der Waals surface area contributed by atoms with E-state index in [2.05, 4.69) is 28.1 Å². The highest BCUT2D eigenvalue weighted by atomic mass is 16.5. The minimum atomic E-state index is 0.139. The number of aromatic nitrogens is 1. The summed E-state index contributed by atoms with van der Waals surface area (Å²) in [6.45, 7) is 1.77. The molecule has 0 atom stereocenters. The van der Waals surface area contributed by atoms with Crippen molar-refractivity contribution in [3.63, 3.8) is 0 Å². The number of fused-ring (bicyclic) bond motifs is 1. The molecule has 0 N–H and O–H groups in total. The number of Topliss-reactive ketones (excluding diaryl/α,β-unsaturated/α-hetero) is 1. The van der Waals surface area contributed by atoms with Crippen molar-refractivity contribution in [3.8, 4) is 5.88 Å². The van der Waals surface area contributed by atoms with Gasteiger partial charge in [0.25, 0.3) is 0 Å². The highest BCUT2D eigenvalue weighted by molar-refractivity contribution is 5.99. The molecule has 31 heavy (non-hydrogen) atoms. The number of rotatable bonds is 6.